The molecular weight excluding hydrogens is 253 g/mol. The molecule has 0 radical (unpaired) electrons. The summed E-state index contributed by atoms with van der Waals surface area (Å²) in [6.45, 7) is 2.62. The van der Waals surface area contributed by atoms with E-state index in [1.165, 1.54) is 12.3 Å². The number of anilines is 1. The van der Waals surface area contributed by atoms with Crippen LogP contribution in [0.3, 0.4) is 0 Å². The molecule has 19 heavy (non-hydrogen) atoms. The number of urea groups is 1. The van der Waals surface area contributed by atoms with Gasteiger partial charge in [-0.1, -0.05) is 0 Å². The van der Waals surface area contributed by atoms with Gasteiger partial charge in [0.15, 0.2) is 11.6 Å². The lowest BCUT2D eigenvalue weighted by Gasteiger charge is -2.09. The molecule has 1 aromatic heterocycles. The second-order valence-electron chi connectivity index (χ2n) is 3.60. The molecule has 0 unspecified atom stereocenters. The summed E-state index contributed by atoms with van der Waals surface area (Å²) in [6.07, 6.45) is 1.34. The second-order valence-corrected chi connectivity index (χ2v) is 3.60. The van der Waals surface area contributed by atoms with Crippen molar-refractivity contribution in [1.82, 2.24) is 15.6 Å². The number of hydrogen-bond donors (Lipinski definition) is 4. The van der Waals surface area contributed by atoms with Gasteiger partial charge in [-0.2, -0.15) is 0 Å². The summed E-state index contributed by atoms with van der Waals surface area (Å²) in [7, 11) is 0. The summed E-state index contributed by atoms with van der Waals surface area (Å²) in [6, 6.07) is 0.603. The van der Waals surface area contributed by atoms with Gasteiger partial charge in [0, 0.05) is 25.8 Å². The zero-order valence-corrected chi connectivity index (χ0v) is 10.5. The van der Waals surface area contributed by atoms with E-state index in [2.05, 4.69) is 20.9 Å². The average molecular weight is 269 g/mol. The standard InChI is InChI=1S/C11H16FN5O2/c1-2-14-9-8(12)7(3-4-15-9)10(18)16-5-6-17-11(13)19/h3-4H,2,5-6H2,1H3,(H,14,15)(H,16,18)(H3,13,17,19). The topological polar surface area (TPSA) is 109 Å². The number of nitrogens with two attached hydrogens (primary N) is 1. The van der Waals surface area contributed by atoms with E-state index in [1.807, 2.05) is 0 Å². The van der Waals surface area contributed by atoms with Crippen molar-refractivity contribution in [3.63, 3.8) is 0 Å². The first-order valence-electron chi connectivity index (χ1n) is 5.76. The minimum Gasteiger partial charge on any atom is -0.368 e. The van der Waals surface area contributed by atoms with Crippen LogP contribution < -0.4 is 21.7 Å². The molecule has 0 aliphatic heterocycles. The molecule has 1 heterocycles. The van der Waals surface area contributed by atoms with Gasteiger partial charge in [0.25, 0.3) is 5.91 Å². The van der Waals surface area contributed by atoms with Gasteiger partial charge >= 0.3 is 6.03 Å². The maximum Gasteiger partial charge on any atom is 0.312 e. The predicted octanol–water partition coefficient (Wildman–Crippen LogP) is 0.0506. The summed E-state index contributed by atoms with van der Waals surface area (Å²) < 4.78 is 13.9. The zero-order chi connectivity index (χ0) is 14.3. The molecule has 7 nitrogen and oxygen atoms in total. The first-order chi connectivity index (χ1) is 9.06. The van der Waals surface area contributed by atoms with E-state index in [-0.39, 0.29) is 24.5 Å². The van der Waals surface area contributed by atoms with Gasteiger partial charge in [-0.05, 0) is 13.0 Å². The molecular formula is C11H16FN5O2. The highest BCUT2D eigenvalue weighted by atomic mass is 19.1. The lowest BCUT2D eigenvalue weighted by molar-refractivity contribution is 0.0950. The fraction of sp³-hybridized carbons (Fsp3) is 0.364. The van der Waals surface area contributed by atoms with Crippen LogP contribution in [0.1, 0.15) is 17.3 Å². The van der Waals surface area contributed by atoms with Gasteiger partial charge in [-0.3, -0.25) is 4.79 Å². The Bertz CT molecular complexity index is 466. The van der Waals surface area contributed by atoms with Crippen LogP contribution in [-0.4, -0.2) is 36.6 Å². The Labute approximate surface area is 109 Å². The highest BCUT2D eigenvalue weighted by molar-refractivity contribution is 5.95. The summed E-state index contributed by atoms with van der Waals surface area (Å²) in [4.78, 5) is 25.9. The summed E-state index contributed by atoms with van der Waals surface area (Å²) in [5.41, 5.74) is 4.75. The van der Waals surface area contributed by atoms with Crippen molar-refractivity contribution in [2.24, 2.45) is 5.73 Å². The maximum atomic E-state index is 13.9. The molecule has 8 heteroatoms. The molecule has 3 amide bonds. The first-order valence-corrected chi connectivity index (χ1v) is 5.76. The van der Waals surface area contributed by atoms with Gasteiger partial charge in [-0.15, -0.1) is 0 Å². The Kier molecular flexibility index (Phi) is 5.52. The third-order valence-corrected chi connectivity index (χ3v) is 2.19. The molecule has 0 saturated carbocycles. The number of carbonyl (C=O) groups is 2. The van der Waals surface area contributed by atoms with E-state index in [4.69, 9.17) is 5.73 Å². The maximum absolute atomic E-state index is 13.9. The second kappa shape index (κ2) is 7.14. The van der Waals surface area contributed by atoms with Crippen molar-refractivity contribution in [1.29, 1.82) is 0 Å². The van der Waals surface area contributed by atoms with Crippen molar-refractivity contribution < 1.29 is 14.0 Å². The van der Waals surface area contributed by atoms with Gasteiger partial charge in [0.2, 0.25) is 0 Å². The number of pyridine rings is 1. The van der Waals surface area contributed by atoms with Crippen molar-refractivity contribution in [2.75, 3.05) is 25.0 Å². The Morgan fingerprint density at radius 3 is 2.68 bits per heavy atom. The van der Waals surface area contributed by atoms with Gasteiger partial charge in [0.05, 0.1) is 5.56 Å². The molecule has 104 valence electrons. The van der Waals surface area contributed by atoms with E-state index in [9.17, 15) is 14.0 Å². The van der Waals surface area contributed by atoms with E-state index in [0.29, 0.717) is 6.54 Å². The molecule has 0 atom stereocenters. The third kappa shape index (κ3) is 4.41. The molecule has 0 aliphatic carbocycles. The van der Waals surface area contributed by atoms with Crippen molar-refractivity contribution in [2.45, 2.75) is 6.92 Å². The summed E-state index contributed by atoms with van der Waals surface area (Å²) >= 11 is 0. The largest absolute Gasteiger partial charge is 0.368 e. The number of aromatic nitrogens is 1. The lowest BCUT2D eigenvalue weighted by atomic mass is 10.2. The number of carbonyl (C=O) groups excluding carboxylic acids is 2. The van der Waals surface area contributed by atoms with E-state index < -0.39 is 17.8 Å². The van der Waals surface area contributed by atoms with E-state index in [0.717, 1.165) is 0 Å². The Morgan fingerprint density at radius 1 is 1.37 bits per heavy atom. The van der Waals surface area contributed by atoms with Crippen molar-refractivity contribution in [3.05, 3.63) is 23.6 Å². The number of hydrogen-bond acceptors (Lipinski definition) is 4. The first kappa shape index (κ1) is 14.7. The van der Waals surface area contributed by atoms with Crippen LogP contribution in [0.5, 0.6) is 0 Å². The van der Waals surface area contributed by atoms with Gasteiger partial charge < -0.3 is 21.7 Å². The molecule has 1 rings (SSSR count). The molecule has 1 aromatic rings. The highest BCUT2D eigenvalue weighted by Gasteiger charge is 2.15. The van der Waals surface area contributed by atoms with Crippen LogP contribution in [-0.2, 0) is 0 Å². The SMILES string of the molecule is CCNc1nccc(C(=O)NCCNC(N)=O)c1F. The Morgan fingerprint density at radius 2 is 2.05 bits per heavy atom. The van der Waals surface area contributed by atoms with Crippen LogP contribution >= 0.6 is 0 Å². The number of amides is 3. The molecule has 0 aliphatic rings. The lowest BCUT2D eigenvalue weighted by Crippen LogP contribution is -2.37. The van der Waals surface area contributed by atoms with Crippen molar-refractivity contribution >= 4 is 17.8 Å². The van der Waals surface area contributed by atoms with Gasteiger partial charge in [0.1, 0.15) is 0 Å². The fourth-order valence-corrected chi connectivity index (χ4v) is 1.37. The highest BCUT2D eigenvalue weighted by Crippen LogP contribution is 2.14. The van der Waals surface area contributed by atoms with Gasteiger partial charge in [-0.25, -0.2) is 14.2 Å². The van der Waals surface area contributed by atoms with E-state index in [1.54, 1.807) is 6.92 Å². The Hall–Kier alpha value is -2.38. The Balaban J connectivity index is 2.61. The van der Waals surface area contributed by atoms with E-state index >= 15 is 0 Å². The minimum absolute atomic E-state index is 0.0328. The number of nitrogens with zero attached hydrogens (tertiary/aromatic N) is 1. The van der Waals surface area contributed by atoms with Crippen LogP contribution in [0.25, 0.3) is 0 Å². The number of nitrogens with one attached hydrogen (secondary N) is 3. The monoisotopic (exact) mass is 269 g/mol. The predicted molar refractivity (Wildman–Crippen MR) is 68.3 cm³/mol. The quantitative estimate of drug-likeness (QED) is 0.547. The molecule has 5 N–H and O–H groups in total. The molecule has 0 fully saturated rings. The summed E-state index contributed by atoms with van der Waals surface area (Å²) in [5, 5.41) is 7.48. The molecule has 0 spiro atoms. The van der Waals surface area contributed by atoms with Crippen LogP contribution in [0.4, 0.5) is 15.0 Å². The van der Waals surface area contributed by atoms with Crippen LogP contribution in [0, 0.1) is 5.82 Å². The van der Waals surface area contributed by atoms with Crippen LogP contribution in [0.2, 0.25) is 0 Å². The van der Waals surface area contributed by atoms with Crippen molar-refractivity contribution in [3.8, 4) is 0 Å². The smallest absolute Gasteiger partial charge is 0.312 e. The molecule has 0 aromatic carbocycles. The average Bonchev–Trinajstić information content (AvgIpc) is 2.37. The number of rotatable bonds is 6. The normalized spacial score (nSPS) is 9.79. The fourth-order valence-electron chi connectivity index (χ4n) is 1.37. The minimum atomic E-state index is -0.704. The summed E-state index contributed by atoms with van der Waals surface area (Å²) in [5.74, 6) is -1.25. The zero-order valence-electron chi connectivity index (χ0n) is 10.5. The third-order valence-electron chi connectivity index (χ3n) is 2.19. The van der Waals surface area contributed by atoms with Crippen LogP contribution in [0.15, 0.2) is 12.3 Å². The molecule has 0 saturated heterocycles. The number of halogens is 1. The number of primary amides is 1. The molecule has 0 bridgehead atoms.